The molecule has 4 nitrogen and oxygen atoms in total. The zero-order chi connectivity index (χ0) is 14.7. The molecule has 0 aliphatic carbocycles. The Labute approximate surface area is 121 Å². The highest BCUT2D eigenvalue weighted by atomic mass is 16.1. The predicted octanol–water partition coefficient (Wildman–Crippen LogP) is 3.24. The van der Waals surface area contributed by atoms with Gasteiger partial charge in [-0.05, 0) is 44.4 Å². The molecule has 1 saturated heterocycles. The summed E-state index contributed by atoms with van der Waals surface area (Å²) in [7, 11) is 0. The van der Waals surface area contributed by atoms with Crippen LogP contribution in [0.1, 0.15) is 40.0 Å². The maximum absolute atomic E-state index is 12.0. The van der Waals surface area contributed by atoms with Crippen molar-refractivity contribution >= 4 is 23.0 Å². The van der Waals surface area contributed by atoms with Gasteiger partial charge in [-0.3, -0.25) is 4.79 Å². The van der Waals surface area contributed by atoms with E-state index in [4.69, 9.17) is 5.73 Å². The molecule has 1 amide bonds. The van der Waals surface area contributed by atoms with Gasteiger partial charge in [0.1, 0.15) is 0 Å². The van der Waals surface area contributed by atoms with Gasteiger partial charge in [0.25, 0.3) is 0 Å². The van der Waals surface area contributed by atoms with Crippen LogP contribution in [0, 0.1) is 5.92 Å². The predicted molar refractivity (Wildman–Crippen MR) is 85.0 cm³/mol. The van der Waals surface area contributed by atoms with Crippen molar-refractivity contribution in [2.45, 2.75) is 46.1 Å². The molecule has 0 saturated carbocycles. The number of hydrogen-bond acceptors (Lipinski definition) is 3. The molecule has 4 heteroatoms. The van der Waals surface area contributed by atoms with E-state index in [-0.39, 0.29) is 11.8 Å². The number of anilines is 3. The fraction of sp³-hybridized carbons (Fsp3) is 0.562. The average Bonchev–Trinajstić information content (AvgIpc) is 2.40. The van der Waals surface area contributed by atoms with E-state index >= 15 is 0 Å². The second kappa shape index (κ2) is 6.16. The standard InChI is InChI=1S/C16H25N3O/c1-11(2)16(20)18-14-10-13(17)7-8-15(14)19-9-5-4-6-12(19)3/h7-8,10-12H,4-6,9,17H2,1-3H3,(H,18,20)/t12-/m0/s1. The summed E-state index contributed by atoms with van der Waals surface area (Å²) in [5.41, 5.74) is 8.47. The van der Waals surface area contributed by atoms with E-state index in [1.807, 2.05) is 32.0 Å². The Hall–Kier alpha value is -1.71. The van der Waals surface area contributed by atoms with E-state index in [2.05, 4.69) is 17.1 Å². The van der Waals surface area contributed by atoms with Crippen molar-refractivity contribution in [2.75, 3.05) is 22.5 Å². The van der Waals surface area contributed by atoms with Crippen LogP contribution in [-0.2, 0) is 4.79 Å². The summed E-state index contributed by atoms with van der Waals surface area (Å²) in [6.07, 6.45) is 3.68. The minimum atomic E-state index is -0.0388. The van der Waals surface area contributed by atoms with E-state index in [0.717, 1.165) is 17.9 Å². The lowest BCUT2D eigenvalue weighted by molar-refractivity contribution is -0.118. The topological polar surface area (TPSA) is 58.4 Å². The summed E-state index contributed by atoms with van der Waals surface area (Å²) in [6, 6.07) is 6.29. The molecule has 2 rings (SSSR count). The maximum Gasteiger partial charge on any atom is 0.226 e. The van der Waals surface area contributed by atoms with Crippen molar-refractivity contribution in [1.29, 1.82) is 0 Å². The largest absolute Gasteiger partial charge is 0.399 e. The first-order valence-corrected chi connectivity index (χ1v) is 7.46. The number of carbonyl (C=O) groups excluding carboxylic acids is 1. The Kier molecular flexibility index (Phi) is 4.53. The van der Waals surface area contributed by atoms with Gasteiger partial charge >= 0.3 is 0 Å². The van der Waals surface area contributed by atoms with E-state index in [1.165, 1.54) is 19.3 Å². The van der Waals surface area contributed by atoms with Gasteiger partial charge in [-0.2, -0.15) is 0 Å². The maximum atomic E-state index is 12.0. The lowest BCUT2D eigenvalue weighted by atomic mass is 10.0. The SMILES string of the molecule is CC(C)C(=O)Nc1cc(N)ccc1N1CCCC[C@@H]1C. The summed E-state index contributed by atoms with van der Waals surface area (Å²) in [5.74, 6) is -0.00966. The lowest BCUT2D eigenvalue weighted by Gasteiger charge is -2.36. The molecule has 0 spiro atoms. The third kappa shape index (κ3) is 3.24. The number of benzene rings is 1. The molecule has 0 radical (unpaired) electrons. The molecule has 20 heavy (non-hydrogen) atoms. The van der Waals surface area contributed by atoms with Crippen LogP contribution in [0.5, 0.6) is 0 Å². The smallest absolute Gasteiger partial charge is 0.226 e. The molecule has 1 aliphatic rings. The first-order chi connectivity index (χ1) is 9.49. The molecular weight excluding hydrogens is 250 g/mol. The van der Waals surface area contributed by atoms with Crippen LogP contribution in [0.4, 0.5) is 17.1 Å². The number of hydrogen-bond donors (Lipinski definition) is 2. The minimum Gasteiger partial charge on any atom is -0.399 e. The summed E-state index contributed by atoms with van der Waals surface area (Å²) in [5, 5.41) is 3.01. The third-order valence-corrected chi connectivity index (χ3v) is 3.92. The second-order valence-corrected chi connectivity index (χ2v) is 5.96. The van der Waals surface area contributed by atoms with Gasteiger partial charge < -0.3 is 16.0 Å². The van der Waals surface area contributed by atoms with Crippen LogP contribution in [0.15, 0.2) is 18.2 Å². The van der Waals surface area contributed by atoms with E-state index in [0.29, 0.717) is 11.7 Å². The highest BCUT2D eigenvalue weighted by molar-refractivity contribution is 5.96. The van der Waals surface area contributed by atoms with E-state index in [1.54, 1.807) is 0 Å². The van der Waals surface area contributed by atoms with Crippen molar-refractivity contribution in [3.05, 3.63) is 18.2 Å². The zero-order valence-electron chi connectivity index (χ0n) is 12.6. The first-order valence-electron chi connectivity index (χ1n) is 7.46. The fourth-order valence-electron chi connectivity index (χ4n) is 2.64. The molecule has 1 aromatic carbocycles. The Morgan fingerprint density at radius 1 is 1.40 bits per heavy atom. The molecule has 1 atom stereocenters. The van der Waals surface area contributed by atoms with Crippen LogP contribution in [0.25, 0.3) is 0 Å². The van der Waals surface area contributed by atoms with Crippen LogP contribution in [0.2, 0.25) is 0 Å². The fourth-order valence-corrected chi connectivity index (χ4v) is 2.64. The molecule has 0 aromatic heterocycles. The normalized spacial score (nSPS) is 19.2. The number of nitrogens with two attached hydrogens (primary N) is 1. The zero-order valence-corrected chi connectivity index (χ0v) is 12.6. The summed E-state index contributed by atoms with van der Waals surface area (Å²) in [4.78, 5) is 14.3. The van der Waals surface area contributed by atoms with Crippen molar-refractivity contribution in [3.63, 3.8) is 0 Å². The number of carbonyl (C=O) groups is 1. The first kappa shape index (κ1) is 14.7. The highest BCUT2D eigenvalue weighted by Crippen LogP contribution is 2.33. The molecule has 1 heterocycles. The van der Waals surface area contributed by atoms with Gasteiger partial charge in [-0.15, -0.1) is 0 Å². The number of piperidine rings is 1. The summed E-state index contributed by atoms with van der Waals surface area (Å²) < 4.78 is 0. The van der Waals surface area contributed by atoms with E-state index in [9.17, 15) is 4.79 Å². The van der Waals surface area contributed by atoms with E-state index < -0.39 is 0 Å². The number of rotatable bonds is 3. The van der Waals surface area contributed by atoms with Gasteiger partial charge in [0.15, 0.2) is 0 Å². The molecule has 3 N–H and O–H groups in total. The molecule has 110 valence electrons. The van der Waals surface area contributed by atoms with Crippen molar-refractivity contribution in [1.82, 2.24) is 0 Å². The monoisotopic (exact) mass is 275 g/mol. The second-order valence-electron chi connectivity index (χ2n) is 5.96. The summed E-state index contributed by atoms with van der Waals surface area (Å²) >= 11 is 0. The number of nitrogens with one attached hydrogen (secondary N) is 1. The van der Waals surface area contributed by atoms with Crippen LogP contribution >= 0.6 is 0 Å². The quantitative estimate of drug-likeness (QED) is 0.833. The van der Waals surface area contributed by atoms with Gasteiger partial charge in [0.05, 0.1) is 11.4 Å². The van der Waals surface area contributed by atoms with Crippen LogP contribution < -0.4 is 16.0 Å². The highest BCUT2D eigenvalue weighted by Gasteiger charge is 2.22. The molecule has 1 aromatic rings. The third-order valence-electron chi connectivity index (χ3n) is 3.92. The van der Waals surface area contributed by atoms with Crippen LogP contribution in [-0.4, -0.2) is 18.5 Å². The molecule has 0 bridgehead atoms. The molecule has 1 fully saturated rings. The molecule has 0 unspecified atom stereocenters. The van der Waals surface area contributed by atoms with Gasteiger partial charge in [0.2, 0.25) is 5.91 Å². The number of amides is 1. The van der Waals surface area contributed by atoms with Crippen molar-refractivity contribution in [2.24, 2.45) is 5.92 Å². The van der Waals surface area contributed by atoms with Gasteiger partial charge in [-0.25, -0.2) is 0 Å². The Morgan fingerprint density at radius 2 is 2.15 bits per heavy atom. The van der Waals surface area contributed by atoms with Gasteiger partial charge in [0, 0.05) is 24.2 Å². The van der Waals surface area contributed by atoms with Crippen LogP contribution in [0.3, 0.4) is 0 Å². The van der Waals surface area contributed by atoms with Crippen molar-refractivity contribution < 1.29 is 4.79 Å². The number of nitrogens with zero attached hydrogens (tertiary/aromatic N) is 1. The molecule has 1 aliphatic heterocycles. The Balaban J connectivity index is 2.29. The Bertz CT molecular complexity index is 485. The summed E-state index contributed by atoms with van der Waals surface area (Å²) in [6.45, 7) is 7.06. The average molecular weight is 275 g/mol. The lowest BCUT2D eigenvalue weighted by Crippen LogP contribution is -2.38. The van der Waals surface area contributed by atoms with Crippen molar-refractivity contribution in [3.8, 4) is 0 Å². The Morgan fingerprint density at radius 3 is 2.80 bits per heavy atom. The minimum absolute atomic E-state index is 0.0292. The molecular formula is C16H25N3O. The van der Waals surface area contributed by atoms with Gasteiger partial charge in [-0.1, -0.05) is 13.8 Å². The number of nitrogen functional groups attached to an aromatic ring is 1.